The molecule has 0 bridgehead atoms. The molecule has 5 nitrogen and oxygen atoms in total. The summed E-state index contributed by atoms with van der Waals surface area (Å²) in [5, 5.41) is 1.91. The van der Waals surface area contributed by atoms with Crippen LogP contribution < -0.4 is 0 Å². The van der Waals surface area contributed by atoms with Gasteiger partial charge in [0.15, 0.2) is 4.34 Å². The number of nitrogens with zero attached hydrogens (tertiary/aromatic N) is 2. The molecule has 3 rings (SSSR count). The lowest BCUT2D eigenvalue weighted by Crippen LogP contribution is -2.41. The summed E-state index contributed by atoms with van der Waals surface area (Å²) in [6.45, 7) is 3.36. The zero-order valence-electron chi connectivity index (χ0n) is 15.0. The molecular weight excluding hydrogens is 387 g/mol. The molecule has 0 N–H and O–H groups in total. The van der Waals surface area contributed by atoms with Crippen LogP contribution in [0, 0.1) is 11.7 Å². The molecule has 144 valence electrons. The second-order valence-electron chi connectivity index (χ2n) is 6.20. The predicted molar refractivity (Wildman–Crippen MR) is 104 cm³/mol. The van der Waals surface area contributed by atoms with Crippen LogP contribution in [0.4, 0.5) is 4.39 Å². The van der Waals surface area contributed by atoms with Crippen LogP contribution in [0.1, 0.15) is 19.8 Å². The topological polar surface area (TPSA) is 59.5 Å². The molecule has 1 aliphatic heterocycles. The lowest BCUT2D eigenvalue weighted by Gasteiger charge is -2.30. The number of hydrogen-bond acceptors (Lipinski definition) is 6. The number of carbonyl (C=O) groups excluding carboxylic acids is 2. The van der Waals surface area contributed by atoms with Crippen LogP contribution in [0.5, 0.6) is 0 Å². The van der Waals surface area contributed by atoms with Crippen molar-refractivity contribution in [2.75, 3.05) is 25.4 Å². The number of hydrogen-bond donors (Lipinski definition) is 0. The van der Waals surface area contributed by atoms with E-state index < -0.39 is 0 Å². The number of ether oxygens (including phenoxy) is 1. The number of thiazole rings is 1. The summed E-state index contributed by atoms with van der Waals surface area (Å²) in [6, 6.07) is 6.20. The van der Waals surface area contributed by atoms with E-state index in [1.807, 2.05) is 5.38 Å². The third-order valence-corrected chi connectivity index (χ3v) is 6.42. The van der Waals surface area contributed by atoms with Crippen molar-refractivity contribution >= 4 is 35.0 Å². The average Bonchev–Trinajstić information content (AvgIpc) is 3.16. The first-order chi connectivity index (χ1) is 13.1. The maximum Gasteiger partial charge on any atom is 0.309 e. The second-order valence-corrected chi connectivity index (χ2v) is 8.28. The van der Waals surface area contributed by atoms with Gasteiger partial charge in [0.2, 0.25) is 5.91 Å². The summed E-state index contributed by atoms with van der Waals surface area (Å²) in [5.41, 5.74) is 1.64. The number of amides is 1. The third-order valence-electron chi connectivity index (χ3n) is 4.41. The zero-order chi connectivity index (χ0) is 19.2. The van der Waals surface area contributed by atoms with Gasteiger partial charge in [-0.1, -0.05) is 11.8 Å². The SMILES string of the molecule is CCOC(=O)C1CCN(C(=O)CSc2nc(-c3ccc(F)cc3)cs2)CC1. The van der Waals surface area contributed by atoms with Crippen molar-refractivity contribution in [2.24, 2.45) is 5.92 Å². The molecule has 0 unspecified atom stereocenters. The molecule has 1 amide bonds. The summed E-state index contributed by atoms with van der Waals surface area (Å²) < 4.78 is 18.9. The van der Waals surface area contributed by atoms with E-state index in [4.69, 9.17) is 4.74 Å². The Balaban J connectivity index is 1.47. The Morgan fingerprint density at radius 1 is 1.30 bits per heavy atom. The standard InChI is InChI=1S/C19H21FN2O3S2/c1-2-25-18(24)14-7-9-22(10-8-14)17(23)12-27-19-21-16(11-26-19)13-3-5-15(20)6-4-13/h3-6,11,14H,2,7-10,12H2,1H3. The molecule has 2 aromatic rings. The number of benzene rings is 1. The van der Waals surface area contributed by atoms with Crippen molar-refractivity contribution in [1.29, 1.82) is 0 Å². The summed E-state index contributed by atoms with van der Waals surface area (Å²) in [4.78, 5) is 30.5. The number of likely N-dealkylation sites (tertiary alicyclic amines) is 1. The summed E-state index contributed by atoms with van der Waals surface area (Å²) in [7, 11) is 0. The first-order valence-corrected chi connectivity index (χ1v) is 10.7. The minimum atomic E-state index is -0.277. The van der Waals surface area contributed by atoms with Crippen molar-refractivity contribution in [2.45, 2.75) is 24.1 Å². The number of esters is 1. The number of halogens is 1. The number of aromatic nitrogens is 1. The van der Waals surface area contributed by atoms with Gasteiger partial charge >= 0.3 is 5.97 Å². The Bertz CT molecular complexity index is 787. The van der Waals surface area contributed by atoms with E-state index in [1.165, 1.54) is 35.2 Å². The largest absolute Gasteiger partial charge is 0.466 e. The molecule has 8 heteroatoms. The Hall–Kier alpha value is -1.93. The van der Waals surface area contributed by atoms with E-state index in [-0.39, 0.29) is 23.6 Å². The Labute approximate surface area is 165 Å². The average molecular weight is 409 g/mol. The van der Waals surface area contributed by atoms with Gasteiger partial charge in [-0.05, 0) is 44.0 Å². The molecule has 0 spiro atoms. The quantitative estimate of drug-likeness (QED) is 0.537. The monoisotopic (exact) mass is 408 g/mol. The van der Waals surface area contributed by atoms with E-state index in [1.54, 1.807) is 24.0 Å². The number of thioether (sulfide) groups is 1. The fourth-order valence-electron chi connectivity index (χ4n) is 2.92. The Morgan fingerprint density at radius 2 is 2.00 bits per heavy atom. The van der Waals surface area contributed by atoms with E-state index in [0.29, 0.717) is 38.3 Å². The van der Waals surface area contributed by atoms with E-state index >= 15 is 0 Å². The Kier molecular flexibility index (Phi) is 6.84. The molecule has 1 aromatic carbocycles. The highest BCUT2D eigenvalue weighted by atomic mass is 32.2. The fraction of sp³-hybridized carbons (Fsp3) is 0.421. The van der Waals surface area contributed by atoms with E-state index in [9.17, 15) is 14.0 Å². The van der Waals surface area contributed by atoms with Crippen LogP contribution in [-0.4, -0.2) is 47.2 Å². The third kappa shape index (κ3) is 5.29. The van der Waals surface area contributed by atoms with Crippen LogP contribution >= 0.6 is 23.1 Å². The van der Waals surface area contributed by atoms with Crippen LogP contribution in [0.2, 0.25) is 0 Å². The molecule has 1 fully saturated rings. The highest BCUT2D eigenvalue weighted by Gasteiger charge is 2.28. The number of carbonyl (C=O) groups is 2. The molecule has 27 heavy (non-hydrogen) atoms. The van der Waals surface area contributed by atoms with Gasteiger partial charge in [0.25, 0.3) is 0 Å². The van der Waals surface area contributed by atoms with Crippen LogP contribution in [0.3, 0.4) is 0 Å². The van der Waals surface area contributed by atoms with Gasteiger partial charge in [0.1, 0.15) is 5.82 Å². The molecule has 0 atom stereocenters. The van der Waals surface area contributed by atoms with Crippen molar-refractivity contribution in [3.05, 3.63) is 35.5 Å². The van der Waals surface area contributed by atoms with Gasteiger partial charge in [0.05, 0.1) is 24.0 Å². The van der Waals surface area contributed by atoms with Gasteiger partial charge in [-0.3, -0.25) is 9.59 Å². The first-order valence-electron chi connectivity index (χ1n) is 8.85. The van der Waals surface area contributed by atoms with E-state index in [0.717, 1.165) is 15.6 Å². The normalized spacial score (nSPS) is 15.0. The highest BCUT2D eigenvalue weighted by molar-refractivity contribution is 8.01. The van der Waals surface area contributed by atoms with Gasteiger partial charge in [0, 0.05) is 24.0 Å². The van der Waals surface area contributed by atoms with Crippen LogP contribution in [0.25, 0.3) is 11.3 Å². The van der Waals surface area contributed by atoms with Crippen molar-refractivity contribution in [3.8, 4) is 11.3 Å². The first kappa shape index (κ1) is 19.8. The molecule has 1 aromatic heterocycles. The molecule has 1 saturated heterocycles. The highest BCUT2D eigenvalue weighted by Crippen LogP contribution is 2.29. The van der Waals surface area contributed by atoms with Crippen molar-refractivity contribution in [1.82, 2.24) is 9.88 Å². The number of piperidine rings is 1. The molecule has 2 heterocycles. The lowest BCUT2D eigenvalue weighted by atomic mass is 9.97. The van der Waals surface area contributed by atoms with Gasteiger partial charge < -0.3 is 9.64 Å². The molecular formula is C19H21FN2O3S2. The van der Waals surface area contributed by atoms with Gasteiger partial charge in [-0.25, -0.2) is 9.37 Å². The summed E-state index contributed by atoms with van der Waals surface area (Å²) in [6.07, 6.45) is 1.31. The maximum absolute atomic E-state index is 13.0. The molecule has 1 aliphatic rings. The fourth-order valence-corrected chi connectivity index (χ4v) is 4.65. The molecule has 0 saturated carbocycles. The molecule has 0 radical (unpaired) electrons. The van der Waals surface area contributed by atoms with Gasteiger partial charge in [-0.2, -0.15) is 0 Å². The zero-order valence-corrected chi connectivity index (χ0v) is 16.7. The summed E-state index contributed by atoms with van der Waals surface area (Å²) in [5.74, 6) is -0.156. The predicted octanol–water partition coefficient (Wildman–Crippen LogP) is 3.84. The van der Waals surface area contributed by atoms with Gasteiger partial charge in [-0.15, -0.1) is 11.3 Å². The molecule has 0 aliphatic carbocycles. The minimum absolute atomic E-state index is 0.0563. The van der Waals surface area contributed by atoms with Crippen LogP contribution in [0.15, 0.2) is 34.0 Å². The summed E-state index contributed by atoms with van der Waals surface area (Å²) >= 11 is 2.88. The smallest absolute Gasteiger partial charge is 0.309 e. The maximum atomic E-state index is 13.0. The lowest BCUT2D eigenvalue weighted by molar-refractivity contribution is -0.151. The minimum Gasteiger partial charge on any atom is -0.466 e. The van der Waals surface area contributed by atoms with Crippen LogP contribution in [-0.2, 0) is 14.3 Å². The number of rotatable bonds is 6. The Morgan fingerprint density at radius 3 is 2.67 bits per heavy atom. The van der Waals surface area contributed by atoms with Crippen molar-refractivity contribution in [3.63, 3.8) is 0 Å². The van der Waals surface area contributed by atoms with Crippen molar-refractivity contribution < 1.29 is 18.7 Å². The second kappa shape index (κ2) is 9.32. The van der Waals surface area contributed by atoms with E-state index in [2.05, 4.69) is 4.98 Å².